The van der Waals surface area contributed by atoms with Crippen molar-refractivity contribution in [2.75, 3.05) is 0 Å². The molecule has 3 N–H and O–H groups in total. The second kappa shape index (κ2) is 5.97. The van der Waals surface area contributed by atoms with Gasteiger partial charge in [0.05, 0.1) is 0 Å². The van der Waals surface area contributed by atoms with Crippen LogP contribution in [0.15, 0.2) is 24.5 Å². The van der Waals surface area contributed by atoms with Crippen molar-refractivity contribution in [2.45, 2.75) is 44.6 Å². The summed E-state index contributed by atoms with van der Waals surface area (Å²) >= 11 is 0. The lowest BCUT2D eigenvalue weighted by atomic mass is 9.82. The number of nitrogens with two attached hydrogens (primary N) is 1. The van der Waals surface area contributed by atoms with E-state index in [1.165, 1.54) is 37.7 Å². The summed E-state index contributed by atoms with van der Waals surface area (Å²) in [5.41, 5.74) is 4.27. The Balaban J connectivity index is 1.94. The number of nitrogens with zero attached hydrogens (tertiary/aromatic N) is 1. The third kappa shape index (κ3) is 3.03. The van der Waals surface area contributed by atoms with Gasteiger partial charge in [-0.2, -0.15) is 0 Å². The molecule has 1 fully saturated rings. The van der Waals surface area contributed by atoms with Gasteiger partial charge in [-0.3, -0.25) is 16.3 Å². The maximum absolute atomic E-state index is 5.68. The summed E-state index contributed by atoms with van der Waals surface area (Å²) in [4.78, 5) is 4.15. The van der Waals surface area contributed by atoms with E-state index in [1.807, 2.05) is 18.5 Å². The third-order valence-corrected chi connectivity index (χ3v) is 3.61. The van der Waals surface area contributed by atoms with Crippen LogP contribution in [0.4, 0.5) is 0 Å². The summed E-state index contributed by atoms with van der Waals surface area (Å²) in [5.74, 6) is 6.42. The molecule has 0 amide bonds. The minimum Gasteiger partial charge on any atom is -0.271 e. The molecule has 88 valence electrons. The normalized spacial score (nSPS) is 19.6. The summed E-state index contributed by atoms with van der Waals surface area (Å²) in [6.45, 7) is 0. The van der Waals surface area contributed by atoms with Gasteiger partial charge in [0.15, 0.2) is 0 Å². The highest BCUT2D eigenvalue weighted by atomic mass is 15.2. The molecule has 3 nitrogen and oxygen atoms in total. The Morgan fingerprint density at radius 3 is 2.81 bits per heavy atom. The fourth-order valence-electron chi connectivity index (χ4n) is 2.67. The number of pyridine rings is 1. The molecule has 0 aromatic carbocycles. The van der Waals surface area contributed by atoms with Crippen LogP contribution >= 0.6 is 0 Å². The smallest absolute Gasteiger partial charge is 0.0300 e. The molecule has 0 bridgehead atoms. The number of nitrogens with one attached hydrogen (secondary N) is 1. The summed E-state index contributed by atoms with van der Waals surface area (Å²) in [6.07, 6.45) is 11.5. The van der Waals surface area contributed by atoms with Gasteiger partial charge in [-0.15, -0.1) is 0 Å². The van der Waals surface area contributed by atoms with Gasteiger partial charge in [0.2, 0.25) is 0 Å². The predicted molar refractivity (Wildman–Crippen MR) is 65.6 cm³/mol. The fourth-order valence-corrected chi connectivity index (χ4v) is 2.67. The van der Waals surface area contributed by atoms with Crippen LogP contribution in [-0.4, -0.2) is 11.0 Å². The summed E-state index contributed by atoms with van der Waals surface area (Å²) < 4.78 is 0. The zero-order chi connectivity index (χ0) is 11.2. The fraction of sp³-hybridized carbons (Fsp3) is 0.615. The van der Waals surface area contributed by atoms with Crippen LogP contribution in [0.5, 0.6) is 0 Å². The molecular weight excluding hydrogens is 198 g/mol. The molecule has 0 spiro atoms. The molecule has 0 radical (unpaired) electrons. The van der Waals surface area contributed by atoms with Crippen LogP contribution in [0.3, 0.4) is 0 Å². The van der Waals surface area contributed by atoms with Crippen LogP contribution < -0.4 is 11.3 Å². The minimum absolute atomic E-state index is 0.407. The Morgan fingerprint density at radius 2 is 2.19 bits per heavy atom. The van der Waals surface area contributed by atoms with Gasteiger partial charge in [-0.05, 0) is 36.8 Å². The first-order valence-electron chi connectivity index (χ1n) is 6.25. The maximum Gasteiger partial charge on any atom is 0.0300 e. The SMILES string of the molecule is NNC(Cc1cccnc1)C1CCCCC1. The van der Waals surface area contributed by atoms with Gasteiger partial charge in [-0.1, -0.05) is 25.3 Å². The van der Waals surface area contributed by atoms with Gasteiger partial charge >= 0.3 is 0 Å². The number of aromatic nitrogens is 1. The average molecular weight is 219 g/mol. The van der Waals surface area contributed by atoms with Crippen LogP contribution in [-0.2, 0) is 6.42 Å². The van der Waals surface area contributed by atoms with E-state index in [2.05, 4.69) is 16.5 Å². The van der Waals surface area contributed by atoms with E-state index >= 15 is 0 Å². The van der Waals surface area contributed by atoms with Crippen molar-refractivity contribution in [3.8, 4) is 0 Å². The molecule has 2 rings (SSSR count). The van der Waals surface area contributed by atoms with E-state index in [9.17, 15) is 0 Å². The van der Waals surface area contributed by atoms with Crippen molar-refractivity contribution in [1.29, 1.82) is 0 Å². The highest BCUT2D eigenvalue weighted by molar-refractivity contribution is 5.10. The maximum atomic E-state index is 5.68. The first-order chi connectivity index (χ1) is 7.90. The zero-order valence-corrected chi connectivity index (χ0v) is 9.73. The lowest BCUT2D eigenvalue weighted by Gasteiger charge is -2.29. The molecule has 0 saturated heterocycles. The molecule has 1 saturated carbocycles. The van der Waals surface area contributed by atoms with Gasteiger partial charge in [-0.25, -0.2) is 0 Å². The molecule has 3 heteroatoms. The molecule has 1 aromatic rings. The molecular formula is C13H21N3. The Hall–Kier alpha value is -0.930. The van der Waals surface area contributed by atoms with Crippen LogP contribution in [0.2, 0.25) is 0 Å². The van der Waals surface area contributed by atoms with Crippen LogP contribution in [0.1, 0.15) is 37.7 Å². The van der Waals surface area contributed by atoms with E-state index in [0.717, 1.165) is 12.3 Å². The Morgan fingerprint density at radius 1 is 1.38 bits per heavy atom. The molecule has 1 aromatic heterocycles. The number of hydrogen-bond acceptors (Lipinski definition) is 3. The van der Waals surface area contributed by atoms with E-state index < -0.39 is 0 Å². The molecule has 1 unspecified atom stereocenters. The van der Waals surface area contributed by atoms with Crippen LogP contribution in [0, 0.1) is 5.92 Å². The van der Waals surface area contributed by atoms with Gasteiger partial charge in [0.25, 0.3) is 0 Å². The summed E-state index contributed by atoms with van der Waals surface area (Å²) in [7, 11) is 0. The van der Waals surface area contributed by atoms with Gasteiger partial charge < -0.3 is 0 Å². The van der Waals surface area contributed by atoms with Gasteiger partial charge in [0, 0.05) is 18.4 Å². The van der Waals surface area contributed by atoms with Crippen molar-refractivity contribution in [3.63, 3.8) is 0 Å². The van der Waals surface area contributed by atoms with Crippen molar-refractivity contribution in [1.82, 2.24) is 10.4 Å². The first-order valence-corrected chi connectivity index (χ1v) is 6.25. The van der Waals surface area contributed by atoms with Crippen molar-refractivity contribution >= 4 is 0 Å². The zero-order valence-electron chi connectivity index (χ0n) is 9.73. The average Bonchev–Trinajstić information content (AvgIpc) is 2.38. The van der Waals surface area contributed by atoms with E-state index in [0.29, 0.717) is 6.04 Å². The lowest BCUT2D eigenvalue weighted by Crippen LogP contribution is -2.43. The highest BCUT2D eigenvalue weighted by Crippen LogP contribution is 2.27. The second-order valence-electron chi connectivity index (χ2n) is 4.74. The summed E-state index contributed by atoms with van der Waals surface area (Å²) in [6, 6.07) is 4.52. The van der Waals surface area contributed by atoms with Crippen molar-refractivity contribution in [2.24, 2.45) is 11.8 Å². The Labute approximate surface area is 97.4 Å². The van der Waals surface area contributed by atoms with Crippen LogP contribution in [0.25, 0.3) is 0 Å². The number of hydrazine groups is 1. The van der Waals surface area contributed by atoms with Crippen molar-refractivity contribution in [3.05, 3.63) is 30.1 Å². The monoisotopic (exact) mass is 219 g/mol. The minimum atomic E-state index is 0.407. The number of rotatable bonds is 4. The molecule has 1 heterocycles. The molecule has 1 aliphatic carbocycles. The topological polar surface area (TPSA) is 50.9 Å². The third-order valence-electron chi connectivity index (χ3n) is 3.61. The highest BCUT2D eigenvalue weighted by Gasteiger charge is 2.22. The number of hydrogen-bond donors (Lipinski definition) is 2. The van der Waals surface area contributed by atoms with Crippen molar-refractivity contribution < 1.29 is 0 Å². The molecule has 0 aliphatic heterocycles. The second-order valence-corrected chi connectivity index (χ2v) is 4.74. The van der Waals surface area contributed by atoms with E-state index in [1.54, 1.807) is 0 Å². The molecule has 1 aliphatic rings. The molecule has 1 atom stereocenters. The standard InChI is InChI=1S/C13H21N3/c14-16-13(12-6-2-1-3-7-12)9-11-5-4-8-15-10-11/h4-5,8,10,12-13,16H,1-3,6-7,9,14H2. The van der Waals surface area contributed by atoms with Gasteiger partial charge in [0.1, 0.15) is 0 Å². The van der Waals surface area contributed by atoms with E-state index in [4.69, 9.17) is 5.84 Å². The predicted octanol–water partition coefficient (Wildman–Crippen LogP) is 2.04. The molecule has 16 heavy (non-hydrogen) atoms. The largest absolute Gasteiger partial charge is 0.271 e. The van der Waals surface area contributed by atoms with E-state index in [-0.39, 0.29) is 0 Å². The quantitative estimate of drug-likeness (QED) is 0.602. The lowest BCUT2D eigenvalue weighted by molar-refractivity contribution is 0.268. The summed E-state index contributed by atoms with van der Waals surface area (Å²) in [5, 5.41) is 0. The Kier molecular flexibility index (Phi) is 4.31. The Bertz CT molecular complexity index is 293. The first kappa shape index (κ1) is 11.6.